The molecule has 1 saturated heterocycles. The Kier molecular flexibility index (Phi) is 2.98. The summed E-state index contributed by atoms with van der Waals surface area (Å²) in [6, 6.07) is 0.627. The van der Waals surface area contributed by atoms with Crippen molar-refractivity contribution in [2.75, 3.05) is 18.1 Å². The molecular formula is C9H17N3S. The molecule has 1 saturated carbocycles. The molecule has 1 atom stereocenters. The average Bonchev–Trinajstić information content (AvgIpc) is 2.78. The van der Waals surface area contributed by atoms with Gasteiger partial charge in [0.05, 0.1) is 0 Å². The topological polar surface area (TPSA) is 50.4 Å². The maximum Gasteiger partial charge on any atom is 0.188 e. The van der Waals surface area contributed by atoms with Crippen molar-refractivity contribution in [1.29, 1.82) is 0 Å². The summed E-state index contributed by atoms with van der Waals surface area (Å²) in [7, 11) is 0. The molecular weight excluding hydrogens is 182 g/mol. The molecule has 3 nitrogen and oxygen atoms in total. The van der Waals surface area contributed by atoms with Gasteiger partial charge in [-0.1, -0.05) is 0 Å². The van der Waals surface area contributed by atoms with Gasteiger partial charge in [-0.05, 0) is 36.7 Å². The number of aliphatic imine (C=N–C) groups is 1. The van der Waals surface area contributed by atoms with E-state index in [1.54, 1.807) is 0 Å². The van der Waals surface area contributed by atoms with Gasteiger partial charge in [0.1, 0.15) is 0 Å². The monoisotopic (exact) mass is 199 g/mol. The van der Waals surface area contributed by atoms with Crippen LogP contribution in [-0.4, -0.2) is 30.1 Å². The number of guanidine groups is 1. The highest BCUT2D eigenvalue weighted by atomic mass is 32.2. The van der Waals surface area contributed by atoms with Crippen LogP contribution in [0.5, 0.6) is 0 Å². The van der Waals surface area contributed by atoms with Crippen LogP contribution in [0.15, 0.2) is 4.99 Å². The number of hydrogen-bond acceptors (Lipinski definition) is 2. The summed E-state index contributed by atoms with van der Waals surface area (Å²) in [6.45, 7) is 0.915. The predicted molar refractivity (Wildman–Crippen MR) is 58.1 cm³/mol. The first kappa shape index (κ1) is 9.19. The predicted octanol–water partition coefficient (Wildman–Crippen LogP) is 0.806. The van der Waals surface area contributed by atoms with E-state index in [4.69, 9.17) is 5.73 Å². The molecule has 0 spiro atoms. The van der Waals surface area contributed by atoms with Crippen molar-refractivity contribution >= 4 is 17.7 Å². The Morgan fingerprint density at radius 1 is 1.46 bits per heavy atom. The summed E-state index contributed by atoms with van der Waals surface area (Å²) in [5, 5.41) is 3.20. The molecule has 1 heterocycles. The number of nitrogens with two attached hydrogens (primary N) is 1. The smallest absolute Gasteiger partial charge is 0.188 e. The summed E-state index contributed by atoms with van der Waals surface area (Å²) in [6.07, 6.45) is 3.83. The normalized spacial score (nSPS) is 29.2. The molecule has 2 rings (SSSR count). The molecule has 4 heteroatoms. The first-order valence-corrected chi connectivity index (χ1v) is 6.14. The van der Waals surface area contributed by atoms with Gasteiger partial charge in [-0.25, -0.2) is 0 Å². The second kappa shape index (κ2) is 4.22. The second-order valence-electron chi connectivity index (χ2n) is 3.87. The Morgan fingerprint density at radius 3 is 2.92 bits per heavy atom. The van der Waals surface area contributed by atoms with E-state index in [1.807, 2.05) is 11.8 Å². The zero-order chi connectivity index (χ0) is 9.10. The highest BCUT2D eigenvalue weighted by Gasteiger charge is 2.21. The van der Waals surface area contributed by atoms with E-state index in [-0.39, 0.29) is 0 Å². The molecule has 0 aromatic carbocycles. The van der Waals surface area contributed by atoms with Crippen LogP contribution >= 0.6 is 11.8 Å². The van der Waals surface area contributed by atoms with Crippen molar-refractivity contribution in [3.8, 4) is 0 Å². The summed E-state index contributed by atoms with van der Waals surface area (Å²) < 4.78 is 0. The van der Waals surface area contributed by atoms with Gasteiger partial charge in [-0.15, -0.1) is 0 Å². The molecule has 0 aromatic rings. The van der Waals surface area contributed by atoms with Crippen LogP contribution in [0.2, 0.25) is 0 Å². The molecule has 0 amide bonds. The Labute approximate surface area is 83.6 Å². The van der Waals surface area contributed by atoms with Crippen LogP contribution in [0.3, 0.4) is 0 Å². The minimum absolute atomic E-state index is 0.627. The number of rotatable bonds is 3. The number of nitrogens with zero attached hydrogens (tertiary/aromatic N) is 1. The van der Waals surface area contributed by atoms with E-state index in [1.165, 1.54) is 30.8 Å². The van der Waals surface area contributed by atoms with E-state index >= 15 is 0 Å². The number of nitrogens with one attached hydrogen (secondary N) is 1. The highest BCUT2D eigenvalue weighted by Crippen LogP contribution is 2.23. The Balaban J connectivity index is 1.67. The minimum atomic E-state index is 0.627. The lowest BCUT2D eigenvalue weighted by Gasteiger charge is -2.06. The van der Waals surface area contributed by atoms with Crippen LogP contribution in [0.4, 0.5) is 0 Å². The fraction of sp³-hybridized carbons (Fsp3) is 0.889. The van der Waals surface area contributed by atoms with Crippen molar-refractivity contribution in [2.24, 2.45) is 16.6 Å². The first-order valence-electron chi connectivity index (χ1n) is 4.99. The molecule has 0 aromatic heterocycles. The zero-order valence-electron chi connectivity index (χ0n) is 7.83. The van der Waals surface area contributed by atoms with Gasteiger partial charge in [-0.2, -0.15) is 11.8 Å². The quantitative estimate of drug-likeness (QED) is 0.522. The van der Waals surface area contributed by atoms with Gasteiger partial charge in [0.15, 0.2) is 5.96 Å². The largest absolute Gasteiger partial charge is 0.370 e. The van der Waals surface area contributed by atoms with E-state index in [2.05, 4.69) is 10.3 Å². The zero-order valence-corrected chi connectivity index (χ0v) is 8.65. The molecule has 13 heavy (non-hydrogen) atoms. The lowest BCUT2D eigenvalue weighted by molar-refractivity contribution is 0.610. The maximum atomic E-state index is 5.72. The van der Waals surface area contributed by atoms with Gasteiger partial charge in [0, 0.05) is 12.6 Å². The summed E-state index contributed by atoms with van der Waals surface area (Å²) in [5.74, 6) is 3.99. The number of hydrogen-bond donors (Lipinski definition) is 2. The van der Waals surface area contributed by atoms with Gasteiger partial charge >= 0.3 is 0 Å². The van der Waals surface area contributed by atoms with E-state index in [0.29, 0.717) is 12.0 Å². The van der Waals surface area contributed by atoms with Crippen LogP contribution in [0, 0.1) is 5.92 Å². The van der Waals surface area contributed by atoms with Crippen LogP contribution in [-0.2, 0) is 0 Å². The first-order chi connectivity index (χ1) is 6.34. The standard InChI is InChI=1S/C9H17N3S/c10-9(12-8-1-2-8)11-5-7-3-4-13-6-7/h7-8H,1-6H2,(H3,10,11,12). The van der Waals surface area contributed by atoms with Crippen molar-refractivity contribution in [3.63, 3.8) is 0 Å². The van der Waals surface area contributed by atoms with Gasteiger partial charge < -0.3 is 11.1 Å². The maximum absolute atomic E-state index is 5.72. The fourth-order valence-corrected chi connectivity index (χ4v) is 2.71. The molecule has 0 radical (unpaired) electrons. The number of thioether (sulfide) groups is 1. The van der Waals surface area contributed by atoms with Crippen LogP contribution < -0.4 is 11.1 Å². The highest BCUT2D eigenvalue weighted by molar-refractivity contribution is 7.99. The molecule has 1 aliphatic heterocycles. The molecule has 0 bridgehead atoms. The lowest BCUT2D eigenvalue weighted by Crippen LogP contribution is -2.33. The van der Waals surface area contributed by atoms with Crippen molar-refractivity contribution in [3.05, 3.63) is 0 Å². The summed E-state index contributed by atoms with van der Waals surface area (Å²) in [5.41, 5.74) is 5.72. The van der Waals surface area contributed by atoms with Gasteiger partial charge in [-0.3, -0.25) is 4.99 Å². The second-order valence-corrected chi connectivity index (χ2v) is 5.02. The average molecular weight is 199 g/mol. The Bertz CT molecular complexity index is 195. The van der Waals surface area contributed by atoms with Crippen molar-refractivity contribution in [1.82, 2.24) is 5.32 Å². The fourth-order valence-electron chi connectivity index (χ4n) is 1.44. The van der Waals surface area contributed by atoms with E-state index < -0.39 is 0 Å². The molecule has 3 N–H and O–H groups in total. The molecule has 1 unspecified atom stereocenters. The summed E-state index contributed by atoms with van der Waals surface area (Å²) in [4.78, 5) is 4.36. The van der Waals surface area contributed by atoms with Crippen molar-refractivity contribution < 1.29 is 0 Å². The molecule has 2 aliphatic rings. The van der Waals surface area contributed by atoms with Gasteiger partial charge in [0.25, 0.3) is 0 Å². The Morgan fingerprint density at radius 2 is 2.31 bits per heavy atom. The SMILES string of the molecule is NC(=NCC1CCSC1)NC1CC1. The van der Waals surface area contributed by atoms with Gasteiger partial charge in [0.2, 0.25) is 0 Å². The summed E-state index contributed by atoms with van der Waals surface area (Å²) >= 11 is 2.03. The molecule has 2 fully saturated rings. The van der Waals surface area contributed by atoms with E-state index in [0.717, 1.165) is 12.5 Å². The third-order valence-electron chi connectivity index (χ3n) is 2.47. The molecule has 74 valence electrons. The van der Waals surface area contributed by atoms with Crippen LogP contribution in [0.25, 0.3) is 0 Å². The molecule has 1 aliphatic carbocycles. The lowest BCUT2D eigenvalue weighted by atomic mass is 10.1. The van der Waals surface area contributed by atoms with Crippen LogP contribution in [0.1, 0.15) is 19.3 Å². The minimum Gasteiger partial charge on any atom is -0.370 e. The third kappa shape index (κ3) is 3.10. The van der Waals surface area contributed by atoms with E-state index in [9.17, 15) is 0 Å². The third-order valence-corrected chi connectivity index (χ3v) is 3.70. The Hall–Kier alpha value is -0.380. The van der Waals surface area contributed by atoms with Crippen molar-refractivity contribution in [2.45, 2.75) is 25.3 Å².